The van der Waals surface area contributed by atoms with Crippen LogP contribution in [-0.2, 0) is 4.74 Å². The van der Waals surface area contributed by atoms with Gasteiger partial charge in [-0.3, -0.25) is 4.79 Å². The Morgan fingerprint density at radius 2 is 2.50 bits per heavy atom. The number of furan rings is 1. The van der Waals surface area contributed by atoms with E-state index >= 15 is 0 Å². The Morgan fingerprint density at radius 3 is 3.00 bits per heavy atom. The number of carbonyl (C=O) groups is 1. The summed E-state index contributed by atoms with van der Waals surface area (Å²) < 4.78 is 10.3. The largest absolute Gasteiger partial charge is 0.457 e. The summed E-state index contributed by atoms with van der Waals surface area (Å²) in [7, 11) is 0. The molecule has 0 aliphatic heterocycles. The quantitative estimate of drug-likeness (QED) is 0.748. The molecular weight excluding hydrogens is 224 g/mol. The van der Waals surface area contributed by atoms with Gasteiger partial charge >= 0.3 is 0 Å². The van der Waals surface area contributed by atoms with Crippen molar-refractivity contribution < 1.29 is 13.9 Å². The molecule has 0 aliphatic rings. The fourth-order valence-electron chi connectivity index (χ4n) is 0.766. The predicted octanol–water partition coefficient (Wildman–Crippen LogP) is 2.26. The maximum atomic E-state index is 11.3. The van der Waals surface area contributed by atoms with Crippen LogP contribution in [0.1, 0.15) is 17.3 Å². The fourth-order valence-corrected chi connectivity index (χ4v) is 1.23. The maximum Gasteiger partial charge on any atom is 0.192 e. The lowest BCUT2D eigenvalue weighted by atomic mass is 10.2. The number of ketones is 1. The van der Waals surface area contributed by atoms with Gasteiger partial charge in [-0.2, -0.15) is 0 Å². The Bertz CT molecular complexity index is 267. The molecule has 0 aliphatic carbocycles. The normalized spacial score (nSPS) is 10.2. The highest BCUT2D eigenvalue weighted by atomic mass is 79.9. The molecule has 4 heteroatoms. The topological polar surface area (TPSA) is 39.4 Å². The fraction of sp³-hybridized carbons (Fsp3) is 0.375. The monoisotopic (exact) mass is 232 g/mol. The highest BCUT2D eigenvalue weighted by molar-refractivity contribution is 9.10. The van der Waals surface area contributed by atoms with E-state index in [1.165, 1.54) is 6.26 Å². The lowest BCUT2D eigenvalue weighted by Gasteiger charge is -1.97. The molecule has 0 saturated heterocycles. The number of rotatable bonds is 4. The van der Waals surface area contributed by atoms with Crippen LogP contribution in [0.25, 0.3) is 0 Å². The van der Waals surface area contributed by atoms with Gasteiger partial charge in [0.2, 0.25) is 0 Å². The second kappa shape index (κ2) is 4.42. The molecule has 0 amide bonds. The van der Waals surface area contributed by atoms with E-state index in [4.69, 9.17) is 9.15 Å². The summed E-state index contributed by atoms with van der Waals surface area (Å²) in [6, 6.07) is 1.62. The lowest BCUT2D eigenvalue weighted by Crippen LogP contribution is -2.08. The van der Waals surface area contributed by atoms with Crippen LogP contribution in [0.5, 0.6) is 0 Å². The Labute approximate surface area is 78.8 Å². The van der Waals surface area contributed by atoms with Crippen LogP contribution in [0.3, 0.4) is 0 Å². The standard InChI is InChI=1S/C8H9BrO3/c1-2-11-5-7(10)6-3-4-12-8(6)9/h3-4H,2,5H2,1H3. The SMILES string of the molecule is CCOCC(=O)c1ccoc1Br. The van der Waals surface area contributed by atoms with Crippen molar-refractivity contribution in [1.29, 1.82) is 0 Å². The molecule has 0 atom stereocenters. The Morgan fingerprint density at radius 1 is 1.75 bits per heavy atom. The third-order valence-electron chi connectivity index (χ3n) is 1.36. The van der Waals surface area contributed by atoms with Gasteiger partial charge in [0.25, 0.3) is 0 Å². The number of hydrogen-bond acceptors (Lipinski definition) is 3. The molecule has 3 nitrogen and oxygen atoms in total. The van der Waals surface area contributed by atoms with E-state index in [0.717, 1.165) is 0 Å². The molecule has 1 heterocycles. The van der Waals surface area contributed by atoms with Gasteiger partial charge < -0.3 is 9.15 Å². The minimum absolute atomic E-state index is 0.0718. The van der Waals surface area contributed by atoms with Gasteiger partial charge in [-0.25, -0.2) is 0 Å². The van der Waals surface area contributed by atoms with Crippen LogP contribution in [0.2, 0.25) is 0 Å². The molecule has 12 heavy (non-hydrogen) atoms. The van der Waals surface area contributed by atoms with Crippen molar-refractivity contribution >= 4 is 21.7 Å². The van der Waals surface area contributed by atoms with E-state index < -0.39 is 0 Å². The summed E-state index contributed by atoms with van der Waals surface area (Å²) in [6.45, 7) is 2.49. The van der Waals surface area contributed by atoms with E-state index in [0.29, 0.717) is 16.8 Å². The summed E-state index contributed by atoms with van der Waals surface area (Å²) in [6.07, 6.45) is 1.46. The summed E-state index contributed by atoms with van der Waals surface area (Å²) >= 11 is 3.12. The van der Waals surface area contributed by atoms with Gasteiger partial charge in [-0.05, 0) is 28.9 Å². The van der Waals surface area contributed by atoms with Crippen molar-refractivity contribution in [2.24, 2.45) is 0 Å². The summed E-state index contributed by atoms with van der Waals surface area (Å²) in [5.41, 5.74) is 0.531. The highest BCUT2D eigenvalue weighted by Crippen LogP contribution is 2.17. The second-order valence-corrected chi connectivity index (χ2v) is 2.89. The lowest BCUT2D eigenvalue weighted by molar-refractivity contribution is 0.0781. The smallest absolute Gasteiger partial charge is 0.192 e. The zero-order valence-corrected chi connectivity index (χ0v) is 8.26. The Hall–Kier alpha value is -0.610. The zero-order valence-electron chi connectivity index (χ0n) is 6.67. The molecule has 0 spiro atoms. The molecule has 0 aromatic carbocycles. The van der Waals surface area contributed by atoms with Crippen molar-refractivity contribution in [3.63, 3.8) is 0 Å². The van der Waals surface area contributed by atoms with Gasteiger partial charge in [0.1, 0.15) is 6.61 Å². The second-order valence-electron chi connectivity index (χ2n) is 2.17. The summed E-state index contributed by atoms with van der Waals surface area (Å²) in [5.74, 6) is -0.0718. The minimum Gasteiger partial charge on any atom is -0.457 e. The minimum atomic E-state index is -0.0718. The molecule has 0 bridgehead atoms. The van der Waals surface area contributed by atoms with Crippen LogP contribution >= 0.6 is 15.9 Å². The first-order valence-electron chi connectivity index (χ1n) is 3.59. The molecule has 66 valence electrons. The molecule has 0 radical (unpaired) electrons. The van der Waals surface area contributed by atoms with Crippen molar-refractivity contribution in [1.82, 2.24) is 0 Å². The van der Waals surface area contributed by atoms with Gasteiger partial charge in [0, 0.05) is 6.61 Å². The average molecular weight is 233 g/mol. The first-order chi connectivity index (χ1) is 5.75. The predicted molar refractivity (Wildman–Crippen MR) is 47.2 cm³/mol. The molecule has 0 unspecified atom stereocenters. The van der Waals surface area contributed by atoms with E-state index in [-0.39, 0.29) is 12.4 Å². The first kappa shape index (κ1) is 9.48. The number of halogens is 1. The Balaban J connectivity index is 2.59. The van der Waals surface area contributed by atoms with E-state index in [1.54, 1.807) is 6.07 Å². The highest BCUT2D eigenvalue weighted by Gasteiger charge is 2.11. The van der Waals surface area contributed by atoms with Crippen LogP contribution in [0.4, 0.5) is 0 Å². The zero-order chi connectivity index (χ0) is 8.97. The van der Waals surface area contributed by atoms with Crippen molar-refractivity contribution in [2.75, 3.05) is 13.2 Å². The molecule has 0 saturated carbocycles. The summed E-state index contributed by atoms with van der Waals surface area (Å²) in [5, 5.41) is 0. The molecule has 1 rings (SSSR count). The van der Waals surface area contributed by atoms with E-state index in [2.05, 4.69) is 15.9 Å². The maximum absolute atomic E-state index is 11.3. The van der Waals surface area contributed by atoms with Crippen molar-refractivity contribution in [3.8, 4) is 0 Å². The van der Waals surface area contributed by atoms with Gasteiger partial charge in [0.05, 0.1) is 11.8 Å². The third kappa shape index (κ3) is 2.19. The molecule has 0 fully saturated rings. The number of hydrogen-bond donors (Lipinski definition) is 0. The summed E-state index contributed by atoms with van der Waals surface area (Å²) in [4.78, 5) is 11.3. The van der Waals surface area contributed by atoms with Crippen LogP contribution in [0.15, 0.2) is 21.4 Å². The van der Waals surface area contributed by atoms with Gasteiger partial charge in [-0.15, -0.1) is 0 Å². The van der Waals surface area contributed by atoms with E-state index in [1.807, 2.05) is 6.92 Å². The van der Waals surface area contributed by atoms with Crippen LogP contribution in [-0.4, -0.2) is 19.0 Å². The van der Waals surface area contributed by atoms with Gasteiger partial charge in [0.15, 0.2) is 10.5 Å². The molecule has 1 aromatic heterocycles. The van der Waals surface area contributed by atoms with E-state index in [9.17, 15) is 4.79 Å². The number of Topliss-reactive ketones (excluding diaryl/α,β-unsaturated/α-hetero) is 1. The van der Waals surface area contributed by atoms with Crippen LogP contribution in [0, 0.1) is 0 Å². The third-order valence-corrected chi connectivity index (χ3v) is 1.97. The van der Waals surface area contributed by atoms with Crippen molar-refractivity contribution in [3.05, 3.63) is 22.6 Å². The van der Waals surface area contributed by atoms with Crippen molar-refractivity contribution in [2.45, 2.75) is 6.92 Å². The molecular formula is C8H9BrO3. The average Bonchev–Trinajstić information content (AvgIpc) is 2.47. The molecule has 1 aromatic rings. The van der Waals surface area contributed by atoms with Gasteiger partial charge in [-0.1, -0.05) is 0 Å². The molecule has 0 N–H and O–H groups in total. The number of carbonyl (C=O) groups excluding carboxylic acids is 1. The number of ether oxygens (including phenoxy) is 1. The Kier molecular flexibility index (Phi) is 3.49. The first-order valence-corrected chi connectivity index (χ1v) is 4.39. The van der Waals surface area contributed by atoms with Crippen LogP contribution < -0.4 is 0 Å².